The average Bonchev–Trinajstić information content (AvgIpc) is 3.31. The third-order valence-electron chi connectivity index (χ3n) is 10.9. The summed E-state index contributed by atoms with van der Waals surface area (Å²) in [6.07, 6.45) is 54.0. The van der Waals surface area contributed by atoms with Crippen molar-refractivity contribution in [3.63, 3.8) is 0 Å². The Kier molecular flexibility index (Phi) is 41.5. The Morgan fingerprint density at radius 1 is 0.574 bits per heavy atom. The van der Waals surface area contributed by atoms with E-state index in [4.69, 9.17) is 18.9 Å². The van der Waals surface area contributed by atoms with Crippen LogP contribution in [0.25, 0.3) is 0 Å². The summed E-state index contributed by atoms with van der Waals surface area (Å²) in [6, 6.07) is 0. The number of allylic oxidation sites excluding steroid dienone is 18. The predicted molar refractivity (Wildman–Crippen MR) is 275 cm³/mol. The highest BCUT2D eigenvalue weighted by Gasteiger charge is 2.48. The maximum absolute atomic E-state index is 12.9. The van der Waals surface area contributed by atoms with E-state index in [1.807, 2.05) is 0 Å². The van der Waals surface area contributed by atoms with E-state index in [9.17, 15) is 33.1 Å². The van der Waals surface area contributed by atoms with Crippen LogP contribution in [-0.4, -0.2) is 97.5 Å². The molecule has 0 radical (unpaired) electrons. The van der Waals surface area contributed by atoms with Crippen LogP contribution in [0.15, 0.2) is 109 Å². The van der Waals surface area contributed by atoms with Crippen molar-refractivity contribution in [3.8, 4) is 0 Å². The average molecular weight is 975 g/mol. The summed E-state index contributed by atoms with van der Waals surface area (Å²) in [5.41, 5.74) is 0. The van der Waals surface area contributed by atoms with Gasteiger partial charge in [-0.25, -0.2) is 4.18 Å². The van der Waals surface area contributed by atoms with Gasteiger partial charge in [0.05, 0.1) is 19.8 Å². The number of ether oxygens (including phenoxy) is 4. The van der Waals surface area contributed by atoms with E-state index in [-0.39, 0.29) is 19.6 Å². The van der Waals surface area contributed by atoms with Gasteiger partial charge < -0.3 is 34.3 Å². The Hall–Kier alpha value is -3.24. The Balaban J connectivity index is 2.41. The zero-order valence-electron chi connectivity index (χ0n) is 41.6. The molecule has 1 aliphatic heterocycles. The number of carbonyl (C=O) groups excluding carboxylic acids is 1. The molecule has 4 N–H and O–H groups in total. The van der Waals surface area contributed by atoms with Crippen LogP contribution < -0.4 is 0 Å². The van der Waals surface area contributed by atoms with E-state index in [0.29, 0.717) is 13.0 Å². The molecule has 0 aromatic heterocycles. The first-order chi connectivity index (χ1) is 33.1. The van der Waals surface area contributed by atoms with Crippen LogP contribution in [0.3, 0.4) is 0 Å². The highest BCUT2D eigenvalue weighted by molar-refractivity contribution is 7.80. The molecule has 1 rings (SSSR count). The lowest BCUT2D eigenvalue weighted by Crippen LogP contribution is -2.60. The van der Waals surface area contributed by atoms with E-state index in [0.717, 1.165) is 103 Å². The van der Waals surface area contributed by atoms with Crippen LogP contribution in [-0.2, 0) is 38.3 Å². The lowest BCUT2D eigenvalue weighted by Gasteiger charge is -2.41. The normalized spacial score (nSPS) is 20.2. The van der Waals surface area contributed by atoms with E-state index in [1.165, 1.54) is 38.5 Å². The van der Waals surface area contributed by atoms with Crippen molar-refractivity contribution < 1.29 is 56.2 Å². The van der Waals surface area contributed by atoms with Crippen LogP contribution in [0.2, 0.25) is 0 Å². The smallest absolute Gasteiger partial charge is 0.397 e. The zero-order chi connectivity index (χ0) is 49.6. The van der Waals surface area contributed by atoms with Crippen molar-refractivity contribution in [1.29, 1.82) is 0 Å². The van der Waals surface area contributed by atoms with Gasteiger partial charge in [-0.15, -0.1) is 0 Å². The maximum atomic E-state index is 12.9. The topological polar surface area (TPSA) is 178 Å². The highest BCUT2D eigenvalue weighted by atomic mass is 32.3. The fraction of sp³-hybridized carbons (Fsp3) is 0.655. The van der Waals surface area contributed by atoms with E-state index < -0.39 is 59.8 Å². The van der Waals surface area contributed by atoms with Crippen molar-refractivity contribution in [3.05, 3.63) is 109 Å². The number of hydrogen-bond acceptors (Lipinski definition) is 11. The van der Waals surface area contributed by atoms with Crippen LogP contribution >= 0.6 is 0 Å². The van der Waals surface area contributed by atoms with Crippen LogP contribution in [0.1, 0.15) is 168 Å². The molecule has 13 heteroatoms. The van der Waals surface area contributed by atoms with Gasteiger partial charge >= 0.3 is 16.4 Å². The molecule has 12 nitrogen and oxygen atoms in total. The summed E-state index contributed by atoms with van der Waals surface area (Å²) >= 11 is 0. The molecule has 1 heterocycles. The molecular weight excluding hydrogens is 885 g/mol. The van der Waals surface area contributed by atoms with Crippen molar-refractivity contribution in [2.24, 2.45) is 0 Å². The van der Waals surface area contributed by atoms with Gasteiger partial charge in [0.2, 0.25) is 0 Å². The number of carbonyl (C=O) groups is 1. The maximum Gasteiger partial charge on any atom is 0.397 e. The number of esters is 1. The minimum absolute atomic E-state index is 0.00732. The molecule has 0 spiro atoms. The van der Waals surface area contributed by atoms with Gasteiger partial charge in [0.25, 0.3) is 0 Å². The molecule has 0 bridgehead atoms. The molecule has 0 amide bonds. The quantitative estimate of drug-likeness (QED) is 0.0197. The van der Waals surface area contributed by atoms with Crippen molar-refractivity contribution in [1.82, 2.24) is 0 Å². The zero-order valence-corrected chi connectivity index (χ0v) is 42.4. The number of aliphatic hydroxyl groups excluding tert-OH is 3. The molecule has 0 saturated carbocycles. The molecular formula is C55H90O12S. The molecule has 6 unspecified atom stereocenters. The SMILES string of the molecule is CC/C=C\C/C=C\C/C=C\C/C=C\C/C=C\C/C=C\C/C=C\CCCCCC(=O)OC(COCCCCCCCC/C=C\C/C=C\CCCCC)COC1OC(CO)C(O)C(OS(=O)(=O)O)C1O. The van der Waals surface area contributed by atoms with E-state index in [1.54, 1.807) is 0 Å². The fourth-order valence-electron chi connectivity index (χ4n) is 7.03. The molecule has 68 heavy (non-hydrogen) atoms. The first-order valence-electron chi connectivity index (χ1n) is 25.6. The lowest BCUT2D eigenvalue weighted by atomic mass is 9.99. The van der Waals surface area contributed by atoms with Gasteiger partial charge in [-0.05, 0) is 103 Å². The molecule has 1 saturated heterocycles. The minimum Gasteiger partial charge on any atom is -0.457 e. The molecule has 1 aliphatic rings. The first-order valence-corrected chi connectivity index (χ1v) is 27.0. The van der Waals surface area contributed by atoms with Gasteiger partial charge in [0, 0.05) is 13.0 Å². The number of aliphatic hydroxyl groups is 3. The summed E-state index contributed by atoms with van der Waals surface area (Å²) in [7, 11) is -5.08. The standard InChI is InChI=1S/C55H90O12S/c1-3-5-7-9-11-13-15-17-19-21-22-23-24-25-26-27-28-29-30-32-34-36-38-40-42-44-51(57)65-49(48-64-55-53(59)54(67-68(60,61)62)52(58)50(46-56)66-55)47-63-45-43-41-39-37-35-33-31-20-18-16-14-12-10-8-6-4-2/h5,7,11-14,17-20,22-23,25-26,28-29,32,34,49-50,52-56,58-59H,3-4,6,8-10,15-16,21,24,27,30-31,33,35-48H2,1-2H3,(H,60,61,62)/b7-5-,13-11-,14-12-,19-17-,20-18-,23-22-,26-25-,29-28-,34-32-. The van der Waals surface area contributed by atoms with Crippen LogP contribution in [0, 0.1) is 0 Å². The fourth-order valence-corrected chi connectivity index (χ4v) is 7.54. The van der Waals surface area contributed by atoms with Gasteiger partial charge in [0.1, 0.15) is 30.5 Å². The molecule has 1 fully saturated rings. The summed E-state index contributed by atoms with van der Waals surface area (Å²) in [4.78, 5) is 12.9. The lowest BCUT2D eigenvalue weighted by molar-refractivity contribution is -0.301. The molecule has 0 aliphatic carbocycles. The number of rotatable bonds is 43. The summed E-state index contributed by atoms with van der Waals surface area (Å²) in [5.74, 6) is -0.439. The summed E-state index contributed by atoms with van der Waals surface area (Å²) in [6.45, 7) is 3.76. The summed E-state index contributed by atoms with van der Waals surface area (Å²) in [5, 5.41) is 30.8. The Morgan fingerprint density at radius 3 is 1.49 bits per heavy atom. The molecule has 0 aromatic rings. The number of unbranched alkanes of at least 4 members (excludes halogenated alkanes) is 12. The second-order valence-electron chi connectivity index (χ2n) is 17.0. The third-order valence-corrected chi connectivity index (χ3v) is 11.3. The third kappa shape index (κ3) is 37.6. The molecule has 6 atom stereocenters. The first kappa shape index (κ1) is 62.8. The Labute approximate surface area is 411 Å². The van der Waals surface area contributed by atoms with Crippen molar-refractivity contribution in [2.45, 2.75) is 205 Å². The van der Waals surface area contributed by atoms with Crippen LogP contribution in [0.4, 0.5) is 0 Å². The predicted octanol–water partition coefficient (Wildman–Crippen LogP) is 12.0. The Morgan fingerprint density at radius 2 is 1.01 bits per heavy atom. The number of hydrogen-bond donors (Lipinski definition) is 4. The Bertz CT molecular complexity index is 1590. The second kappa shape index (κ2) is 44.9. The van der Waals surface area contributed by atoms with Crippen molar-refractivity contribution >= 4 is 16.4 Å². The highest BCUT2D eigenvalue weighted by Crippen LogP contribution is 2.26. The van der Waals surface area contributed by atoms with Gasteiger partial charge in [0.15, 0.2) is 6.29 Å². The van der Waals surface area contributed by atoms with Gasteiger partial charge in [-0.2, -0.15) is 8.42 Å². The van der Waals surface area contributed by atoms with Crippen LogP contribution in [0.5, 0.6) is 0 Å². The second-order valence-corrected chi connectivity index (χ2v) is 18.1. The van der Waals surface area contributed by atoms with Crippen molar-refractivity contribution in [2.75, 3.05) is 26.4 Å². The van der Waals surface area contributed by atoms with E-state index in [2.05, 4.69) is 127 Å². The minimum atomic E-state index is -5.08. The van der Waals surface area contributed by atoms with E-state index >= 15 is 0 Å². The van der Waals surface area contributed by atoms with Gasteiger partial charge in [-0.1, -0.05) is 168 Å². The van der Waals surface area contributed by atoms with Gasteiger partial charge in [-0.3, -0.25) is 9.35 Å². The summed E-state index contributed by atoms with van der Waals surface area (Å²) < 4.78 is 59.2. The largest absolute Gasteiger partial charge is 0.457 e. The molecule has 388 valence electrons. The molecule has 0 aromatic carbocycles. The monoisotopic (exact) mass is 975 g/mol.